The van der Waals surface area contributed by atoms with E-state index in [9.17, 15) is 0 Å². The molecule has 0 aliphatic carbocycles. The Bertz CT molecular complexity index is 506. The lowest BCUT2D eigenvalue weighted by molar-refractivity contribution is 1.29. The molecule has 0 spiro atoms. The van der Waals surface area contributed by atoms with Crippen LogP contribution in [0.25, 0.3) is 10.9 Å². The standard InChI is InChI=1S/C11H5I2N/c1-6-7(2)14-10-5-8(12)3-4-9(10)11(6)13/h1-5H. The SMILES string of the molecule is [CH]c1nc2cc(I)ccc2c(I)c1[CH]. The molecule has 1 heterocycles. The van der Waals surface area contributed by atoms with E-state index < -0.39 is 0 Å². The van der Waals surface area contributed by atoms with Gasteiger partial charge in [-0.2, -0.15) is 0 Å². The van der Waals surface area contributed by atoms with Crippen LogP contribution in [0.3, 0.4) is 0 Å². The predicted octanol–water partition coefficient (Wildman–Crippen LogP) is 3.56. The summed E-state index contributed by atoms with van der Waals surface area (Å²) in [4.78, 5) is 4.24. The van der Waals surface area contributed by atoms with Gasteiger partial charge in [-0.05, 0) is 62.9 Å². The van der Waals surface area contributed by atoms with Gasteiger partial charge in [0.1, 0.15) is 0 Å². The molecule has 0 bridgehead atoms. The van der Waals surface area contributed by atoms with Gasteiger partial charge in [0.25, 0.3) is 0 Å². The third kappa shape index (κ3) is 1.76. The molecule has 4 radical (unpaired) electrons. The molecule has 68 valence electrons. The molecule has 0 amide bonds. The molecule has 0 unspecified atom stereocenters. The first-order valence-corrected chi connectivity index (χ1v) is 6.05. The molecular formula is C11H5I2N. The number of hydrogen-bond acceptors (Lipinski definition) is 1. The molecule has 1 aromatic heterocycles. The zero-order chi connectivity index (χ0) is 10.3. The van der Waals surface area contributed by atoms with Gasteiger partial charge < -0.3 is 0 Å². The number of halogens is 2. The number of rotatable bonds is 0. The van der Waals surface area contributed by atoms with Crippen molar-refractivity contribution in [2.24, 2.45) is 0 Å². The van der Waals surface area contributed by atoms with Gasteiger partial charge in [0, 0.05) is 26.4 Å². The number of pyridine rings is 1. The summed E-state index contributed by atoms with van der Waals surface area (Å²) in [6.07, 6.45) is 0. The van der Waals surface area contributed by atoms with Crippen LogP contribution in [0.2, 0.25) is 0 Å². The number of hydrogen-bond donors (Lipinski definition) is 0. The van der Waals surface area contributed by atoms with Gasteiger partial charge in [-0.25, -0.2) is 0 Å². The maximum atomic E-state index is 5.79. The van der Waals surface area contributed by atoms with Crippen molar-refractivity contribution in [3.05, 3.63) is 50.4 Å². The number of fused-ring (bicyclic) bond motifs is 1. The Balaban J connectivity index is 2.91. The molecule has 3 heteroatoms. The zero-order valence-electron chi connectivity index (χ0n) is 7.09. The van der Waals surface area contributed by atoms with E-state index in [-0.39, 0.29) is 0 Å². The van der Waals surface area contributed by atoms with Crippen LogP contribution < -0.4 is 0 Å². The Morgan fingerprint density at radius 1 is 1.14 bits per heavy atom. The quantitative estimate of drug-likeness (QED) is 0.612. The summed E-state index contributed by atoms with van der Waals surface area (Å²) in [5, 5.41) is 1.05. The number of benzene rings is 1. The molecule has 0 fully saturated rings. The molecule has 0 saturated carbocycles. The van der Waals surface area contributed by atoms with Gasteiger partial charge in [-0.3, -0.25) is 4.98 Å². The van der Waals surface area contributed by atoms with Crippen molar-refractivity contribution in [3.8, 4) is 0 Å². The minimum atomic E-state index is 0.406. The molecule has 0 aliphatic rings. The van der Waals surface area contributed by atoms with Gasteiger partial charge in [-0.15, -0.1) is 0 Å². The first kappa shape index (κ1) is 10.6. The van der Waals surface area contributed by atoms with Crippen molar-refractivity contribution in [2.75, 3.05) is 0 Å². The number of nitrogens with zero attached hydrogens (tertiary/aromatic N) is 1. The Kier molecular flexibility index (Phi) is 2.97. The van der Waals surface area contributed by atoms with Crippen molar-refractivity contribution < 1.29 is 0 Å². The summed E-state index contributed by atoms with van der Waals surface area (Å²) < 4.78 is 2.11. The third-order valence-corrected chi connectivity index (χ3v) is 3.78. The monoisotopic (exact) mass is 405 g/mol. The molecule has 1 nitrogen and oxygen atoms in total. The number of aromatic nitrogens is 1. The molecule has 2 rings (SSSR count). The van der Waals surface area contributed by atoms with E-state index in [2.05, 4.69) is 50.2 Å². The normalized spacial score (nSPS) is 10.9. The Morgan fingerprint density at radius 2 is 1.86 bits per heavy atom. The van der Waals surface area contributed by atoms with Gasteiger partial charge in [0.15, 0.2) is 0 Å². The highest BCUT2D eigenvalue weighted by molar-refractivity contribution is 14.1. The van der Waals surface area contributed by atoms with Gasteiger partial charge in [0.2, 0.25) is 0 Å². The van der Waals surface area contributed by atoms with E-state index in [1.165, 1.54) is 0 Å². The van der Waals surface area contributed by atoms with Crippen LogP contribution in [0.5, 0.6) is 0 Å². The zero-order valence-corrected chi connectivity index (χ0v) is 11.4. The van der Waals surface area contributed by atoms with Crippen LogP contribution >= 0.6 is 45.2 Å². The second-order valence-electron chi connectivity index (χ2n) is 2.89. The predicted molar refractivity (Wildman–Crippen MR) is 74.0 cm³/mol. The minimum Gasteiger partial charge on any atom is -0.252 e. The van der Waals surface area contributed by atoms with E-state index in [0.717, 1.165) is 18.0 Å². The maximum absolute atomic E-state index is 5.79. The van der Waals surface area contributed by atoms with Crippen LogP contribution in [-0.2, 0) is 0 Å². The summed E-state index contributed by atoms with van der Waals surface area (Å²) in [6.45, 7) is 11.5. The van der Waals surface area contributed by atoms with Crippen molar-refractivity contribution >= 4 is 56.1 Å². The molecular weight excluding hydrogens is 400 g/mol. The van der Waals surface area contributed by atoms with Crippen LogP contribution in [0.15, 0.2) is 18.2 Å². The molecule has 0 atom stereocenters. The van der Waals surface area contributed by atoms with Crippen LogP contribution in [0.4, 0.5) is 0 Å². The Morgan fingerprint density at radius 3 is 2.57 bits per heavy atom. The fourth-order valence-electron chi connectivity index (χ4n) is 1.23. The fourth-order valence-corrected chi connectivity index (χ4v) is 2.44. The van der Waals surface area contributed by atoms with Gasteiger partial charge in [0.05, 0.1) is 11.2 Å². The maximum Gasteiger partial charge on any atom is 0.0726 e. The first-order chi connectivity index (χ1) is 6.59. The summed E-state index contributed by atoms with van der Waals surface area (Å²) in [7, 11) is 0. The second-order valence-corrected chi connectivity index (χ2v) is 5.21. The first-order valence-electron chi connectivity index (χ1n) is 3.89. The summed E-state index contributed by atoms with van der Waals surface area (Å²) in [5.41, 5.74) is 1.87. The smallest absolute Gasteiger partial charge is 0.0726 e. The highest BCUT2D eigenvalue weighted by Gasteiger charge is 2.06. The highest BCUT2D eigenvalue weighted by atomic mass is 127. The molecule has 14 heavy (non-hydrogen) atoms. The van der Waals surface area contributed by atoms with E-state index in [1.807, 2.05) is 18.2 Å². The van der Waals surface area contributed by atoms with Gasteiger partial charge >= 0.3 is 0 Å². The van der Waals surface area contributed by atoms with E-state index in [1.54, 1.807) is 0 Å². The lowest BCUT2D eigenvalue weighted by Gasteiger charge is -2.06. The van der Waals surface area contributed by atoms with Crippen LogP contribution in [-0.4, -0.2) is 4.98 Å². The Hall–Kier alpha value is 0.0900. The summed E-state index contributed by atoms with van der Waals surface area (Å²) in [5.74, 6) is 0. The lowest BCUT2D eigenvalue weighted by Crippen LogP contribution is -1.93. The molecule has 0 N–H and O–H groups in total. The largest absolute Gasteiger partial charge is 0.252 e. The van der Waals surface area contributed by atoms with Crippen molar-refractivity contribution in [3.63, 3.8) is 0 Å². The average Bonchev–Trinajstić information content (AvgIpc) is 2.14. The average molecular weight is 405 g/mol. The third-order valence-electron chi connectivity index (χ3n) is 1.95. The minimum absolute atomic E-state index is 0.406. The van der Waals surface area contributed by atoms with Gasteiger partial charge in [-0.1, -0.05) is 6.07 Å². The van der Waals surface area contributed by atoms with Crippen molar-refractivity contribution in [2.45, 2.75) is 0 Å². The second kappa shape index (κ2) is 3.92. The topological polar surface area (TPSA) is 12.9 Å². The fraction of sp³-hybridized carbons (Fsp3) is 0. The van der Waals surface area contributed by atoms with E-state index >= 15 is 0 Å². The Labute approximate surface area is 111 Å². The summed E-state index contributed by atoms with van der Waals surface area (Å²) >= 11 is 4.44. The highest BCUT2D eigenvalue weighted by Crippen LogP contribution is 2.25. The van der Waals surface area contributed by atoms with E-state index in [0.29, 0.717) is 11.3 Å². The lowest BCUT2D eigenvalue weighted by atomic mass is 10.1. The molecule has 0 aliphatic heterocycles. The van der Waals surface area contributed by atoms with Crippen molar-refractivity contribution in [1.29, 1.82) is 0 Å². The summed E-state index contributed by atoms with van der Waals surface area (Å²) in [6, 6.07) is 6.04. The van der Waals surface area contributed by atoms with Crippen LogP contribution in [0.1, 0.15) is 11.3 Å². The van der Waals surface area contributed by atoms with Crippen LogP contribution in [0, 0.1) is 21.0 Å². The molecule has 2 aromatic rings. The van der Waals surface area contributed by atoms with E-state index in [4.69, 9.17) is 13.8 Å². The molecule has 0 saturated heterocycles. The molecule has 1 aromatic carbocycles. The van der Waals surface area contributed by atoms with Crippen molar-refractivity contribution in [1.82, 2.24) is 4.98 Å².